The summed E-state index contributed by atoms with van der Waals surface area (Å²) < 4.78 is 5.11. The monoisotopic (exact) mass is 355 g/mol. The molecule has 1 aromatic heterocycles. The van der Waals surface area contributed by atoms with Gasteiger partial charge in [0, 0.05) is 37.6 Å². The third-order valence-corrected chi connectivity index (χ3v) is 4.88. The average molecular weight is 355 g/mol. The van der Waals surface area contributed by atoms with Gasteiger partial charge in [-0.1, -0.05) is 6.07 Å². The zero-order valence-corrected chi connectivity index (χ0v) is 15.3. The van der Waals surface area contributed by atoms with Gasteiger partial charge >= 0.3 is 0 Å². The number of anilines is 1. The summed E-state index contributed by atoms with van der Waals surface area (Å²) in [6, 6.07) is 11.0. The number of amides is 1. The zero-order valence-electron chi connectivity index (χ0n) is 15.3. The van der Waals surface area contributed by atoms with Gasteiger partial charge in [-0.25, -0.2) is 4.98 Å². The highest BCUT2D eigenvalue weighted by atomic mass is 16.5. The van der Waals surface area contributed by atoms with Crippen LogP contribution in [0.4, 0.5) is 5.69 Å². The van der Waals surface area contributed by atoms with E-state index in [2.05, 4.69) is 10.3 Å². The van der Waals surface area contributed by atoms with Gasteiger partial charge in [0.15, 0.2) is 0 Å². The van der Waals surface area contributed by atoms with Crippen LogP contribution in [0.5, 0.6) is 5.88 Å². The molecule has 0 radical (unpaired) electrons. The van der Waals surface area contributed by atoms with Crippen LogP contribution in [0.15, 0.2) is 42.6 Å². The molecule has 138 valence electrons. The van der Waals surface area contributed by atoms with E-state index in [-0.39, 0.29) is 24.0 Å². The number of aliphatic hydroxyl groups excluding tert-OH is 1. The first-order valence-corrected chi connectivity index (χ1v) is 8.74. The van der Waals surface area contributed by atoms with Crippen molar-refractivity contribution < 1.29 is 14.6 Å². The van der Waals surface area contributed by atoms with E-state index in [1.54, 1.807) is 19.4 Å². The highest BCUT2D eigenvalue weighted by Gasteiger charge is 2.36. The summed E-state index contributed by atoms with van der Waals surface area (Å²) in [5.74, 6) is 0.606. The van der Waals surface area contributed by atoms with Gasteiger partial charge in [0.1, 0.15) is 0 Å². The zero-order chi connectivity index (χ0) is 18.7. The maximum Gasteiger partial charge on any atom is 0.251 e. The number of rotatable bonds is 6. The molecule has 1 amide bonds. The predicted molar refractivity (Wildman–Crippen MR) is 100 cm³/mol. The topological polar surface area (TPSA) is 74.7 Å². The Morgan fingerprint density at radius 2 is 1.92 bits per heavy atom. The lowest BCUT2D eigenvalue weighted by Crippen LogP contribution is -2.41. The Kier molecular flexibility index (Phi) is 5.42. The van der Waals surface area contributed by atoms with Gasteiger partial charge in [-0.15, -0.1) is 0 Å². The molecule has 1 saturated carbocycles. The largest absolute Gasteiger partial charge is 0.481 e. The summed E-state index contributed by atoms with van der Waals surface area (Å²) >= 11 is 0. The molecule has 1 atom stereocenters. The molecular formula is C20H25N3O3. The van der Waals surface area contributed by atoms with Crippen molar-refractivity contribution in [2.75, 3.05) is 26.1 Å². The lowest BCUT2D eigenvalue weighted by atomic mass is 9.75. The first-order valence-electron chi connectivity index (χ1n) is 8.74. The van der Waals surface area contributed by atoms with Gasteiger partial charge in [-0.3, -0.25) is 4.79 Å². The van der Waals surface area contributed by atoms with Crippen LogP contribution in [0, 0.1) is 5.92 Å². The van der Waals surface area contributed by atoms with Gasteiger partial charge in [0.05, 0.1) is 19.3 Å². The van der Waals surface area contributed by atoms with Crippen molar-refractivity contribution in [3.63, 3.8) is 0 Å². The number of aliphatic hydroxyl groups is 1. The Labute approximate surface area is 153 Å². The molecule has 0 spiro atoms. The number of hydrogen-bond donors (Lipinski definition) is 2. The van der Waals surface area contributed by atoms with Gasteiger partial charge in [-0.05, 0) is 48.6 Å². The molecule has 1 heterocycles. The number of nitrogens with zero attached hydrogens (tertiary/aromatic N) is 2. The Balaban J connectivity index is 1.77. The summed E-state index contributed by atoms with van der Waals surface area (Å²) in [5, 5.41) is 12.8. The predicted octanol–water partition coefficient (Wildman–Crippen LogP) is 2.40. The summed E-state index contributed by atoms with van der Waals surface area (Å²) in [7, 11) is 5.49. The van der Waals surface area contributed by atoms with Crippen molar-refractivity contribution >= 4 is 11.6 Å². The second-order valence-corrected chi connectivity index (χ2v) is 6.91. The number of methoxy groups -OCH3 is 1. The van der Waals surface area contributed by atoms with Crippen molar-refractivity contribution in [3.8, 4) is 5.88 Å². The minimum absolute atomic E-state index is 0.127. The molecule has 6 heteroatoms. The van der Waals surface area contributed by atoms with E-state index >= 15 is 0 Å². The summed E-state index contributed by atoms with van der Waals surface area (Å²) in [4.78, 5) is 19.0. The van der Waals surface area contributed by atoms with E-state index in [9.17, 15) is 9.90 Å². The average Bonchev–Trinajstić information content (AvgIpc) is 2.64. The smallest absolute Gasteiger partial charge is 0.251 e. The molecular weight excluding hydrogens is 330 g/mol. The van der Waals surface area contributed by atoms with Crippen molar-refractivity contribution in [3.05, 3.63) is 53.7 Å². The van der Waals surface area contributed by atoms with Crippen molar-refractivity contribution in [1.82, 2.24) is 10.3 Å². The van der Waals surface area contributed by atoms with E-state index in [4.69, 9.17) is 4.74 Å². The third kappa shape index (κ3) is 3.96. The Morgan fingerprint density at radius 1 is 1.23 bits per heavy atom. The molecule has 2 N–H and O–H groups in total. The second-order valence-electron chi connectivity index (χ2n) is 6.91. The first kappa shape index (κ1) is 18.2. The lowest BCUT2D eigenvalue weighted by molar-refractivity contribution is 0.0234. The second kappa shape index (κ2) is 7.74. The van der Waals surface area contributed by atoms with E-state index < -0.39 is 0 Å². The van der Waals surface area contributed by atoms with Crippen LogP contribution < -0.4 is 15.0 Å². The number of carbonyl (C=O) groups excluding carboxylic acids is 1. The standard InChI is InChI=1S/C20H25N3O3/c1-23(2)16-7-4-13(5-8-16)20(25)22-19(15-10-17(24)11-15)14-6-9-18(26-3)21-12-14/h4-9,12,15,17,19,24H,10-11H2,1-3H3,(H,22,25)/t15?,17?,19-/m1/s1. The highest BCUT2D eigenvalue weighted by molar-refractivity contribution is 5.94. The van der Waals surface area contributed by atoms with E-state index in [1.165, 1.54) is 0 Å². The third-order valence-electron chi connectivity index (χ3n) is 4.88. The fourth-order valence-corrected chi connectivity index (χ4v) is 3.21. The fourth-order valence-electron chi connectivity index (χ4n) is 3.21. The molecule has 1 aliphatic rings. The van der Waals surface area contributed by atoms with Crippen LogP contribution in [0.25, 0.3) is 0 Å². The minimum Gasteiger partial charge on any atom is -0.481 e. The lowest BCUT2D eigenvalue weighted by Gasteiger charge is -2.38. The van der Waals surface area contributed by atoms with E-state index in [0.29, 0.717) is 24.3 Å². The number of hydrogen-bond acceptors (Lipinski definition) is 5. The van der Waals surface area contributed by atoms with Crippen molar-refractivity contribution in [1.29, 1.82) is 0 Å². The van der Waals surface area contributed by atoms with Crippen molar-refractivity contribution in [2.45, 2.75) is 25.0 Å². The molecule has 0 saturated heterocycles. The van der Waals surface area contributed by atoms with Gasteiger partial charge < -0.3 is 20.1 Å². The molecule has 1 aromatic carbocycles. The van der Waals surface area contributed by atoms with E-state index in [0.717, 1.165) is 11.3 Å². The number of benzene rings is 1. The number of nitrogens with one attached hydrogen (secondary N) is 1. The SMILES string of the molecule is COc1ccc([C@@H](NC(=O)c2ccc(N(C)C)cc2)C2CC(O)C2)cn1. The van der Waals surface area contributed by atoms with Gasteiger partial charge in [0.2, 0.25) is 5.88 Å². The number of aromatic nitrogens is 1. The van der Waals surface area contributed by atoms with Crippen LogP contribution in [0.3, 0.4) is 0 Å². The Hall–Kier alpha value is -2.60. The molecule has 6 nitrogen and oxygen atoms in total. The fraction of sp³-hybridized carbons (Fsp3) is 0.400. The molecule has 0 unspecified atom stereocenters. The number of carbonyl (C=O) groups is 1. The van der Waals surface area contributed by atoms with Crippen LogP contribution in [0.1, 0.15) is 34.8 Å². The normalized spacial score (nSPS) is 20.0. The van der Waals surface area contributed by atoms with E-state index in [1.807, 2.05) is 49.3 Å². The van der Waals surface area contributed by atoms with Crippen molar-refractivity contribution in [2.24, 2.45) is 5.92 Å². The van der Waals surface area contributed by atoms with Gasteiger partial charge in [0.25, 0.3) is 5.91 Å². The van der Waals surface area contributed by atoms with Crippen LogP contribution >= 0.6 is 0 Å². The van der Waals surface area contributed by atoms with Crippen LogP contribution in [-0.4, -0.2) is 43.3 Å². The maximum atomic E-state index is 12.7. The quantitative estimate of drug-likeness (QED) is 0.832. The summed E-state index contributed by atoms with van der Waals surface area (Å²) in [6.45, 7) is 0. The molecule has 0 aliphatic heterocycles. The summed E-state index contributed by atoms with van der Waals surface area (Å²) in [6.07, 6.45) is 2.79. The van der Waals surface area contributed by atoms with Crippen LogP contribution in [-0.2, 0) is 0 Å². The molecule has 1 fully saturated rings. The Bertz CT molecular complexity index is 738. The first-order chi connectivity index (χ1) is 12.5. The summed E-state index contributed by atoms with van der Waals surface area (Å²) in [5.41, 5.74) is 2.57. The molecule has 2 aromatic rings. The highest BCUT2D eigenvalue weighted by Crippen LogP contribution is 2.38. The Morgan fingerprint density at radius 3 is 2.42 bits per heavy atom. The minimum atomic E-state index is -0.287. The number of ether oxygens (including phenoxy) is 1. The molecule has 0 bridgehead atoms. The van der Waals surface area contributed by atoms with Gasteiger partial charge in [-0.2, -0.15) is 0 Å². The molecule has 26 heavy (non-hydrogen) atoms. The van der Waals surface area contributed by atoms with Crippen LogP contribution in [0.2, 0.25) is 0 Å². The molecule has 3 rings (SSSR count). The molecule has 1 aliphatic carbocycles. The number of pyridine rings is 1. The maximum absolute atomic E-state index is 12.7.